The van der Waals surface area contributed by atoms with E-state index < -0.39 is 61.2 Å². The van der Waals surface area contributed by atoms with E-state index in [1.807, 2.05) is 0 Å². The molecule has 1 saturated heterocycles. The number of carbonyl (C=O) groups is 4. The van der Waals surface area contributed by atoms with Crippen molar-refractivity contribution in [2.75, 3.05) is 6.61 Å². The Kier molecular flexibility index (Phi) is 10.0. The third kappa shape index (κ3) is 7.69. The normalized spacial score (nSPS) is 22.5. The molecule has 13 nitrogen and oxygen atoms in total. The van der Waals surface area contributed by atoms with Crippen molar-refractivity contribution in [2.45, 2.75) is 58.4 Å². The van der Waals surface area contributed by atoms with E-state index in [4.69, 9.17) is 28.4 Å². The average molecular weight is 560 g/mol. The fourth-order valence-electron chi connectivity index (χ4n) is 4.07. The first-order chi connectivity index (χ1) is 19.0. The molecule has 3 rings (SSSR count). The SMILES string of the molecule is CC(=O)OCC1OC(Oc2ccc(C(=NO)c3ccccc3)c(O)c2)C(OC(C)=O)C(OC(C)=O)C1OC(C)=O. The van der Waals surface area contributed by atoms with Crippen molar-refractivity contribution >= 4 is 29.6 Å². The largest absolute Gasteiger partial charge is 0.507 e. The Hall–Kier alpha value is -4.65. The van der Waals surface area contributed by atoms with Gasteiger partial charge in [-0.2, -0.15) is 0 Å². The zero-order valence-electron chi connectivity index (χ0n) is 22.1. The molecule has 1 fully saturated rings. The molecule has 1 aliphatic heterocycles. The van der Waals surface area contributed by atoms with Crippen molar-refractivity contribution in [3.63, 3.8) is 0 Å². The van der Waals surface area contributed by atoms with Crippen LogP contribution in [0.15, 0.2) is 53.7 Å². The van der Waals surface area contributed by atoms with Gasteiger partial charge in [-0.25, -0.2) is 0 Å². The number of phenols is 1. The molecule has 214 valence electrons. The number of aromatic hydroxyl groups is 1. The van der Waals surface area contributed by atoms with E-state index in [0.29, 0.717) is 5.56 Å². The summed E-state index contributed by atoms with van der Waals surface area (Å²) in [4.78, 5) is 47.3. The molecule has 2 N–H and O–H groups in total. The number of hydrogen-bond acceptors (Lipinski definition) is 13. The lowest BCUT2D eigenvalue weighted by Crippen LogP contribution is -2.63. The highest BCUT2D eigenvalue weighted by Crippen LogP contribution is 2.33. The Labute approximate surface area is 229 Å². The lowest BCUT2D eigenvalue weighted by Gasteiger charge is -2.43. The fourth-order valence-corrected chi connectivity index (χ4v) is 4.07. The summed E-state index contributed by atoms with van der Waals surface area (Å²) in [5.41, 5.74) is 0.813. The van der Waals surface area contributed by atoms with E-state index in [0.717, 1.165) is 27.7 Å². The quantitative estimate of drug-likeness (QED) is 0.151. The van der Waals surface area contributed by atoms with Crippen molar-refractivity contribution < 1.29 is 57.9 Å². The zero-order chi connectivity index (χ0) is 29.4. The molecular formula is C27H29NO12. The Morgan fingerprint density at radius 1 is 0.825 bits per heavy atom. The van der Waals surface area contributed by atoms with Crippen LogP contribution in [-0.4, -0.2) is 77.2 Å². The van der Waals surface area contributed by atoms with Gasteiger partial charge in [0.15, 0.2) is 12.2 Å². The molecule has 2 aromatic carbocycles. The summed E-state index contributed by atoms with van der Waals surface area (Å²) < 4.78 is 32.9. The van der Waals surface area contributed by atoms with Gasteiger partial charge in [0, 0.05) is 44.9 Å². The molecule has 2 aromatic rings. The summed E-state index contributed by atoms with van der Waals surface area (Å²) in [6.07, 6.45) is -6.88. The van der Waals surface area contributed by atoms with Gasteiger partial charge in [0.2, 0.25) is 12.4 Å². The average Bonchev–Trinajstić information content (AvgIpc) is 2.88. The molecule has 1 heterocycles. The molecule has 0 bridgehead atoms. The van der Waals surface area contributed by atoms with Crippen molar-refractivity contribution in [2.24, 2.45) is 5.16 Å². The first-order valence-electron chi connectivity index (χ1n) is 12.1. The molecule has 1 aliphatic rings. The van der Waals surface area contributed by atoms with Gasteiger partial charge in [-0.1, -0.05) is 35.5 Å². The Morgan fingerprint density at radius 2 is 1.43 bits per heavy atom. The van der Waals surface area contributed by atoms with Gasteiger partial charge in [-0.05, 0) is 12.1 Å². The topological polar surface area (TPSA) is 176 Å². The van der Waals surface area contributed by atoms with E-state index in [-0.39, 0.29) is 22.8 Å². The summed E-state index contributed by atoms with van der Waals surface area (Å²) in [5.74, 6) is -3.30. The molecule has 0 radical (unpaired) electrons. The van der Waals surface area contributed by atoms with Crippen LogP contribution in [0.1, 0.15) is 38.8 Å². The van der Waals surface area contributed by atoms with Crippen LogP contribution < -0.4 is 4.74 Å². The summed E-state index contributed by atoms with van der Waals surface area (Å²) >= 11 is 0. The third-order valence-corrected chi connectivity index (χ3v) is 5.57. The maximum atomic E-state index is 12.0. The monoisotopic (exact) mass is 559 g/mol. The van der Waals surface area contributed by atoms with E-state index in [1.165, 1.54) is 18.2 Å². The zero-order valence-corrected chi connectivity index (χ0v) is 22.1. The maximum Gasteiger partial charge on any atom is 0.303 e. The van der Waals surface area contributed by atoms with Gasteiger partial charge in [-0.15, -0.1) is 0 Å². The molecule has 0 aromatic heterocycles. The third-order valence-electron chi connectivity index (χ3n) is 5.57. The summed E-state index contributed by atoms with van der Waals surface area (Å²) in [5, 5.41) is 23.6. The predicted octanol–water partition coefficient (Wildman–Crippen LogP) is 2.08. The van der Waals surface area contributed by atoms with Crippen LogP contribution in [0.4, 0.5) is 0 Å². The van der Waals surface area contributed by atoms with E-state index >= 15 is 0 Å². The van der Waals surface area contributed by atoms with Crippen molar-refractivity contribution in [3.05, 3.63) is 59.7 Å². The summed E-state index contributed by atoms with van der Waals surface area (Å²) in [6, 6.07) is 12.7. The highest BCUT2D eigenvalue weighted by atomic mass is 16.7. The predicted molar refractivity (Wildman–Crippen MR) is 135 cm³/mol. The van der Waals surface area contributed by atoms with Crippen LogP contribution in [0.3, 0.4) is 0 Å². The Balaban J connectivity index is 1.98. The van der Waals surface area contributed by atoms with Gasteiger partial charge in [0.25, 0.3) is 0 Å². The van der Waals surface area contributed by atoms with Gasteiger partial charge < -0.3 is 38.7 Å². The molecule has 0 amide bonds. The molecule has 0 spiro atoms. The first-order valence-corrected chi connectivity index (χ1v) is 12.1. The molecule has 0 aliphatic carbocycles. The number of carbonyl (C=O) groups excluding carboxylic acids is 4. The minimum absolute atomic E-state index is 0.0208. The molecule has 5 atom stereocenters. The van der Waals surface area contributed by atoms with Crippen LogP contribution in [0.5, 0.6) is 11.5 Å². The van der Waals surface area contributed by atoms with E-state index in [1.54, 1.807) is 30.3 Å². The van der Waals surface area contributed by atoms with Gasteiger partial charge >= 0.3 is 23.9 Å². The van der Waals surface area contributed by atoms with Crippen molar-refractivity contribution in [3.8, 4) is 11.5 Å². The standard InChI is InChI=1S/C27H29NO12/c1-14(29)35-13-22-24(36-15(2)30)25(37-16(3)31)26(38-17(4)32)27(40-22)39-19-10-11-20(21(33)12-19)23(28-34)18-8-6-5-7-9-18/h5-12,22,24-27,33-34H,13H2,1-4H3. The molecule has 5 unspecified atom stereocenters. The molecule has 40 heavy (non-hydrogen) atoms. The number of hydrogen-bond donors (Lipinski definition) is 2. The second-order valence-electron chi connectivity index (χ2n) is 8.68. The number of benzene rings is 2. The highest BCUT2D eigenvalue weighted by Gasteiger charge is 2.53. The smallest absolute Gasteiger partial charge is 0.303 e. The van der Waals surface area contributed by atoms with E-state index in [2.05, 4.69) is 5.16 Å². The van der Waals surface area contributed by atoms with Crippen LogP contribution in [0.25, 0.3) is 0 Å². The lowest BCUT2D eigenvalue weighted by atomic mass is 9.98. The number of phenolic OH excluding ortho intramolecular Hbond substituents is 1. The fraction of sp³-hybridized carbons (Fsp3) is 0.370. The second-order valence-corrected chi connectivity index (χ2v) is 8.68. The minimum Gasteiger partial charge on any atom is -0.507 e. The van der Waals surface area contributed by atoms with Crippen molar-refractivity contribution in [1.82, 2.24) is 0 Å². The number of nitrogens with zero attached hydrogens (tertiary/aromatic N) is 1. The number of oxime groups is 1. The Morgan fingerprint density at radius 3 is 1.98 bits per heavy atom. The lowest BCUT2D eigenvalue weighted by molar-refractivity contribution is -0.288. The number of ether oxygens (including phenoxy) is 6. The highest BCUT2D eigenvalue weighted by molar-refractivity contribution is 6.14. The number of rotatable bonds is 9. The minimum atomic E-state index is -1.48. The van der Waals surface area contributed by atoms with Gasteiger partial charge in [-0.3, -0.25) is 19.2 Å². The van der Waals surface area contributed by atoms with Gasteiger partial charge in [0.1, 0.15) is 29.9 Å². The number of esters is 4. The molecule has 13 heteroatoms. The van der Waals surface area contributed by atoms with Crippen LogP contribution in [-0.2, 0) is 42.9 Å². The summed E-state index contributed by atoms with van der Waals surface area (Å²) in [7, 11) is 0. The Bertz CT molecular complexity index is 1260. The van der Waals surface area contributed by atoms with Crippen LogP contribution in [0, 0.1) is 0 Å². The molecular weight excluding hydrogens is 530 g/mol. The first kappa shape index (κ1) is 29.9. The maximum absolute atomic E-state index is 12.0. The summed E-state index contributed by atoms with van der Waals surface area (Å²) in [6.45, 7) is 4.06. The molecule has 0 saturated carbocycles. The van der Waals surface area contributed by atoms with E-state index in [9.17, 15) is 29.5 Å². The van der Waals surface area contributed by atoms with Crippen molar-refractivity contribution in [1.29, 1.82) is 0 Å². The second kappa shape index (κ2) is 13.4. The van der Waals surface area contributed by atoms with Gasteiger partial charge in [0.05, 0.1) is 0 Å². The van der Waals surface area contributed by atoms with Crippen LogP contribution in [0.2, 0.25) is 0 Å². The van der Waals surface area contributed by atoms with Crippen LogP contribution >= 0.6 is 0 Å².